The SMILES string of the molecule is CC(C)NC(=O)c1cccc([N+](=O)[O-])c1N. The van der Waals surface area contributed by atoms with Gasteiger partial charge < -0.3 is 11.1 Å². The maximum atomic E-state index is 11.6. The van der Waals surface area contributed by atoms with Crippen molar-refractivity contribution in [2.45, 2.75) is 19.9 Å². The number of rotatable bonds is 3. The molecule has 0 spiro atoms. The predicted molar refractivity (Wildman–Crippen MR) is 60.1 cm³/mol. The van der Waals surface area contributed by atoms with Crippen molar-refractivity contribution in [3.8, 4) is 0 Å². The fourth-order valence-corrected chi connectivity index (χ4v) is 1.25. The van der Waals surface area contributed by atoms with Crippen LogP contribution in [0, 0.1) is 10.1 Å². The lowest BCUT2D eigenvalue weighted by Crippen LogP contribution is -2.30. The van der Waals surface area contributed by atoms with Crippen LogP contribution < -0.4 is 11.1 Å². The molecule has 1 amide bonds. The van der Waals surface area contributed by atoms with Crippen molar-refractivity contribution in [2.24, 2.45) is 0 Å². The molecule has 1 aromatic rings. The molecule has 0 aliphatic carbocycles. The lowest BCUT2D eigenvalue weighted by Gasteiger charge is -2.09. The van der Waals surface area contributed by atoms with Gasteiger partial charge in [0.2, 0.25) is 0 Å². The number of anilines is 1. The molecule has 16 heavy (non-hydrogen) atoms. The van der Waals surface area contributed by atoms with Gasteiger partial charge >= 0.3 is 0 Å². The van der Waals surface area contributed by atoms with Crippen LogP contribution in [0.15, 0.2) is 18.2 Å². The van der Waals surface area contributed by atoms with E-state index in [-0.39, 0.29) is 23.0 Å². The largest absolute Gasteiger partial charge is 0.393 e. The minimum Gasteiger partial charge on any atom is -0.393 e. The molecule has 0 atom stereocenters. The number of hydrogen-bond acceptors (Lipinski definition) is 4. The van der Waals surface area contributed by atoms with Crippen molar-refractivity contribution < 1.29 is 9.72 Å². The summed E-state index contributed by atoms with van der Waals surface area (Å²) in [7, 11) is 0. The van der Waals surface area contributed by atoms with Gasteiger partial charge in [-0.1, -0.05) is 6.07 Å². The van der Waals surface area contributed by atoms with E-state index in [9.17, 15) is 14.9 Å². The zero-order chi connectivity index (χ0) is 12.3. The third-order valence-corrected chi connectivity index (χ3v) is 1.94. The Labute approximate surface area is 92.6 Å². The van der Waals surface area contributed by atoms with Gasteiger partial charge in [-0.05, 0) is 19.9 Å². The first-order chi connectivity index (χ1) is 7.43. The average Bonchev–Trinajstić information content (AvgIpc) is 2.16. The van der Waals surface area contributed by atoms with Crippen molar-refractivity contribution in [1.82, 2.24) is 5.32 Å². The van der Waals surface area contributed by atoms with E-state index in [4.69, 9.17) is 5.73 Å². The van der Waals surface area contributed by atoms with Crippen LogP contribution in [0.5, 0.6) is 0 Å². The monoisotopic (exact) mass is 223 g/mol. The van der Waals surface area contributed by atoms with Crippen LogP contribution in [-0.2, 0) is 0 Å². The third kappa shape index (κ3) is 2.47. The molecule has 6 heteroatoms. The highest BCUT2D eigenvalue weighted by molar-refractivity contribution is 6.01. The molecular formula is C10H13N3O3. The molecule has 0 unspecified atom stereocenters. The molecule has 0 radical (unpaired) electrons. The van der Waals surface area contributed by atoms with Gasteiger partial charge in [0.15, 0.2) is 0 Å². The number of nitrogen functional groups attached to an aromatic ring is 1. The second-order valence-corrected chi connectivity index (χ2v) is 3.62. The van der Waals surface area contributed by atoms with Crippen LogP contribution in [0.3, 0.4) is 0 Å². The van der Waals surface area contributed by atoms with Crippen molar-refractivity contribution in [3.05, 3.63) is 33.9 Å². The van der Waals surface area contributed by atoms with E-state index in [1.807, 2.05) is 0 Å². The molecule has 0 aliphatic rings. The summed E-state index contributed by atoms with van der Waals surface area (Å²) in [6, 6.07) is 4.11. The Morgan fingerprint density at radius 1 is 1.50 bits per heavy atom. The minimum absolute atomic E-state index is 0.0498. The number of nitrogens with two attached hydrogens (primary N) is 1. The summed E-state index contributed by atoms with van der Waals surface area (Å²) in [6.07, 6.45) is 0. The van der Waals surface area contributed by atoms with Crippen molar-refractivity contribution in [1.29, 1.82) is 0 Å². The number of nitrogens with zero attached hydrogens (tertiary/aromatic N) is 1. The fourth-order valence-electron chi connectivity index (χ4n) is 1.25. The molecule has 0 aromatic heterocycles. The average molecular weight is 223 g/mol. The van der Waals surface area contributed by atoms with Gasteiger partial charge in [-0.25, -0.2) is 0 Å². The van der Waals surface area contributed by atoms with E-state index in [1.54, 1.807) is 13.8 Å². The van der Waals surface area contributed by atoms with Gasteiger partial charge in [0.05, 0.1) is 10.5 Å². The van der Waals surface area contributed by atoms with Gasteiger partial charge in [0.1, 0.15) is 5.69 Å². The predicted octanol–water partition coefficient (Wildman–Crippen LogP) is 1.32. The van der Waals surface area contributed by atoms with Crippen molar-refractivity contribution >= 4 is 17.3 Å². The molecule has 0 bridgehead atoms. The first-order valence-corrected chi connectivity index (χ1v) is 4.77. The molecule has 0 heterocycles. The molecule has 86 valence electrons. The topological polar surface area (TPSA) is 98.3 Å². The molecule has 0 saturated carbocycles. The maximum absolute atomic E-state index is 11.6. The number of hydrogen-bond donors (Lipinski definition) is 2. The minimum atomic E-state index is -0.610. The first kappa shape index (κ1) is 12.0. The van der Waals surface area contributed by atoms with E-state index >= 15 is 0 Å². The first-order valence-electron chi connectivity index (χ1n) is 4.77. The normalized spacial score (nSPS) is 10.2. The van der Waals surface area contributed by atoms with E-state index in [2.05, 4.69) is 5.32 Å². The highest BCUT2D eigenvalue weighted by Crippen LogP contribution is 2.24. The Bertz CT molecular complexity index is 429. The standard InChI is InChI=1S/C10H13N3O3/c1-6(2)12-10(14)7-4-3-5-8(9(7)11)13(15)16/h3-6H,11H2,1-2H3,(H,12,14). The van der Waals surface area contributed by atoms with Crippen LogP contribution in [0.25, 0.3) is 0 Å². The highest BCUT2D eigenvalue weighted by atomic mass is 16.6. The van der Waals surface area contributed by atoms with Gasteiger partial charge in [-0.3, -0.25) is 14.9 Å². The number of carbonyl (C=O) groups is 1. The second kappa shape index (κ2) is 4.61. The van der Waals surface area contributed by atoms with Gasteiger partial charge in [-0.15, -0.1) is 0 Å². The molecular weight excluding hydrogens is 210 g/mol. The summed E-state index contributed by atoms with van der Waals surface area (Å²) in [6.45, 7) is 3.59. The van der Waals surface area contributed by atoms with Crippen LogP contribution in [0.1, 0.15) is 24.2 Å². The van der Waals surface area contributed by atoms with Crippen molar-refractivity contribution in [3.63, 3.8) is 0 Å². The summed E-state index contributed by atoms with van der Waals surface area (Å²) >= 11 is 0. The number of nitro benzene ring substituents is 1. The molecule has 0 fully saturated rings. The van der Waals surface area contributed by atoms with Gasteiger partial charge in [0.25, 0.3) is 11.6 Å². The smallest absolute Gasteiger partial charge is 0.292 e. The van der Waals surface area contributed by atoms with Gasteiger partial charge in [0, 0.05) is 12.1 Å². The van der Waals surface area contributed by atoms with Crippen LogP contribution >= 0.6 is 0 Å². The van der Waals surface area contributed by atoms with Gasteiger partial charge in [-0.2, -0.15) is 0 Å². The molecule has 0 aliphatic heterocycles. The maximum Gasteiger partial charge on any atom is 0.292 e. The Morgan fingerprint density at radius 2 is 2.12 bits per heavy atom. The molecule has 3 N–H and O–H groups in total. The molecule has 1 aromatic carbocycles. The van der Waals surface area contributed by atoms with E-state index < -0.39 is 10.8 Å². The summed E-state index contributed by atoms with van der Waals surface area (Å²) in [5.74, 6) is -0.406. The Morgan fingerprint density at radius 3 is 2.62 bits per heavy atom. The number of nitro groups is 1. The summed E-state index contributed by atoms with van der Waals surface area (Å²) in [5.41, 5.74) is 5.33. The third-order valence-electron chi connectivity index (χ3n) is 1.94. The fraction of sp³-hybridized carbons (Fsp3) is 0.300. The summed E-state index contributed by atoms with van der Waals surface area (Å²) < 4.78 is 0. The second-order valence-electron chi connectivity index (χ2n) is 3.62. The lowest BCUT2D eigenvalue weighted by molar-refractivity contribution is -0.383. The lowest BCUT2D eigenvalue weighted by atomic mass is 10.1. The summed E-state index contributed by atoms with van der Waals surface area (Å²) in [4.78, 5) is 21.6. The quantitative estimate of drug-likeness (QED) is 0.458. The Kier molecular flexibility index (Phi) is 3.44. The molecule has 1 rings (SSSR count). The van der Waals surface area contributed by atoms with E-state index in [0.29, 0.717) is 0 Å². The van der Waals surface area contributed by atoms with E-state index in [0.717, 1.165) is 0 Å². The van der Waals surface area contributed by atoms with E-state index in [1.165, 1.54) is 18.2 Å². The zero-order valence-corrected chi connectivity index (χ0v) is 9.06. The number of amides is 1. The van der Waals surface area contributed by atoms with Crippen molar-refractivity contribution in [2.75, 3.05) is 5.73 Å². The Hall–Kier alpha value is -2.11. The van der Waals surface area contributed by atoms with Crippen LogP contribution in [0.2, 0.25) is 0 Å². The zero-order valence-electron chi connectivity index (χ0n) is 9.06. The number of para-hydroxylation sites is 1. The highest BCUT2D eigenvalue weighted by Gasteiger charge is 2.18. The van der Waals surface area contributed by atoms with Crippen LogP contribution in [-0.4, -0.2) is 16.9 Å². The van der Waals surface area contributed by atoms with Crippen LogP contribution in [0.4, 0.5) is 11.4 Å². The molecule has 6 nitrogen and oxygen atoms in total. The number of benzene rings is 1. The Balaban J connectivity index is 3.10. The molecule has 0 saturated heterocycles. The summed E-state index contributed by atoms with van der Waals surface area (Å²) in [5, 5.41) is 13.2. The number of nitrogens with one attached hydrogen (secondary N) is 1. The number of carbonyl (C=O) groups excluding carboxylic acids is 1.